The van der Waals surface area contributed by atoms with E-state index in [9.17, 15) is 9.59 Å². The SMILES string of the molecule is O=C(COc1ccc2ccccc2c1)N1CCN(CC(=O)N2CCN(C3CCC3)CC2)CC1. The van der Waals surface area contributed by atoms with Gasteiger partial charge in [0.05, 0.1) is 6.54 Å². The summed E-state index contributed by atoms with van der Waals surface area (Å²) < 4.78 is 5.77. The Morgan fingerprint density at radius 2 is 1.45 bits per heavy atom. The minimum atomic E-state index is 0.00116. The summed E-state index contributed by atoms with van der Waals surface area (Å²) in [4.78, 5) is 34.0. The van der Waals surface area contributed by atoms with Crippen LogP contribution in [0.1, 0.15) is 19.3 Å². The van der Waals surface area contributed by atoms with Crippen LogP contribution in [0.2, 0.25) is 0 Å². The van der Waals surface area contributed by atoms with Gasteiger partial charge in [-0.3, -0.25) is 19.4 Å². The van der Waals surface area contributed by atoms with Crippen LogP contribution in [0.25, 0.3) is 10.8 Å². The second kappa shape index (κ2) is 10.1. The van der Waals surface area contributed by atoms with Gasteiger partial charge in [0, 0.05) is 58.4 Å². The van der Waals surface area contributed by atoms with Gasteiger partial charge < -0.3 is 14.5 Å². The summed E-state index contributed by atoms with van der Waals surface area (Å²) in [6.07, 6.45) is 4.00. The van der Waals surface area contributed by atoms with Gasteiger partial charge in [0.2, 0.25) is 5.91 Å². The molecule has 7 nitrogen and oxygen atoms in total. The van der Waals surface area contributed by atoms with Crippen LogP contribution in [0.4, 0.5) is 0 Å². The molecule has 2 aliphatic heterocycles. The molecule has 2 aromatic carbocycles. The molecular formula is C26H34N4O3. The van der Waals surface area contributed by atoms with Crippen molar-refractivity contribution in [1.82, 2.24) is 19.6 Å². The third kappa shape index (κ3) is 5.31. The van der Waals surface area contributed by atoms with E-state index in [1.165, 1.54) is 19.3 Å². The average Bonchev–Trinajstić information content (AvgIpc) is 2.82. The Kier molecular flexibility index (Phi) is 6.78. The van der Waals surface area contributed by atoms with Crippen molar-refractivity contribution in [2.24, 2.45) is 0 Å². The molecule has 0 spiro atoms. The van der Waals surface area contributed by atoms with Crippen LogP contribution >= 0.6 is 0 Å². The second-order valence-electron chi connectivity index (χ2n) is 9.46. The van der Waals surface area contributed by atoms with Crippen LogP contribution in [0, 0.1) is 0 Å². The number of fused-ring (bicyclic) bond motifs is 1. The molecule has 3 aliphatic rings. The summed E-state index contributed by atoms with van der Waals surface area (Å²) in [7, 11) is 0. The minimum Gasteiger partial charge on any atom is -0.484 e. The first kappa shape index (κ1) is 22.2. The zero-order valence-corrected chi connectivity index (χ0v) is 19.3. The number of piperazine rings is 2. The van der Waals surface area contributed by atoms with Gasteiger partial charge in [-0.15, -0.1) is 0 Å². The van der Waals surface area contributed by atoms with Crippen molar-refractivity contribution in [1.29, 1.82) is 0 Å². The minimum absolute atomic E-state index is 0.00116. The summed E-state index contributed by atoms with van der Waals surface area (Å²) in [6, 6.07) is 14.8. The van der Waals surface area contributed by atoms with Gasteiger partial charge in [0.25, 0.3) is 5.91 Å². The predicted octanol–water partition coefficient (Wildman–Crippen LogP) is 2.06. The molecule has 2 saturated heterocycles. The number of benzene rings is 2. The molecule has 1 saturated carbocycles. The largest absolute Gasteiger partial charge is 0.484 e. The topological polar surface area (TPSA) is 56.3 Å². The Bertz CT molecular complexity index is 976. The fraction of sp³-hybridized carbons (Fsp3) is 0.538. The van der Waals surface area contributed by atoms with Crippen molar-refractivity contribution in [2.45, 2.75) is 25.3 Å². The average molecular weight is 451 g/mol. The molecule has 176 valence electrons. The van der Waals surface area contributed by atoms with Gasteiger partial charge in [-0.25, -0.2) is 0 Å². The van der Waals surface area contributed by atoms with E-state index in [1.54, 1.807) is 0 Å². The quantitative estimate of drug-likeness (QED) is 0.674. The Balaban J connectivity index is 1.02. The third-order valence-electron chi connectivity index (χ3n) is 7.43. The number of hydrogen-bond donors (Lipinski definition) is 0. The molecule has 0 N–H and O–H groups in total. The first-order valence-corrected chi connectivity index (χ1v) is 12.3. The van der Waals surface area contributed by atoms with E-state index in [0.29, 0.717) is 25.4 Å². The normalized spacial score (nSPS) is 20.6. The van der Waals surface area contributed by atoms with E-state index < -0.39 is 0 Å². The van der Waals surface area contributed by atoms with Crippen LogP contribution in [0.15, 0.2) is 42.5 Å². The van der Waals surface area contributed by atoms with Crippen LogP contribution in [0.3, 0.4) is 0 Å². The molecule has 33 heavy (non-hydrogen) atoms. The van der Waals surface area contributed by atoms with E-state index in [2.05, 4.69) is 15.9 Å². The number of amides is 2. The Labute approximate surface area is 195 Å². The lowest BCUT2D eigenvalue weighted by Crippen LogP contribution is -2.56. The zero-order valence-electron chi connectivity index (χ0n) is 19.3. The molecule has 2 aromatic rings. The number of nitrogens with zero attached hydrogens (tertiary/aromatic N) is 4. The van der Waals surface area contributed by atoms with Gasteiger partial charge >= 0.3 is 0 Å². The highest BCUT2D eigenvalue weighted by Gasteiger charge is 2.30. The number of ether oxygens (including phenoxy) is 1. The van der Waals surface area contributed by atoms with Gasteiger partial charge in [0.1, 0.15) is 5.75 Å². The summed E-state index contributed by atoms with van der Waals surface area (Å²) >= 11 is 0. The highest BCUT2D eigenvalue weighted by molar-refractivity contribution is 5.84. The molecule has 0 unspecified atom stereocenters. The highest BCUT2D eigenvalue weighted by Crippen LogP contribution is 2.25. The zero-order chi connectivity index (χ0) is 22.6. The third-order valence-corrected chi connectivity index (χ3v) is 7.43. The molecule has 1 aliphatic carbocycles. The fourth-order valence-electron chi connectivity index (χ4n) is 5.03. The van der Waals surface area contributed by atoms with Crippen molar-refractivity contribution in [3.63, 3.8) is 0 Å². The molecule has 2 heterocycles. The first-order chi connectivity index (χ1) is 16.2. The second-order valence-corrected chi connectivity index (χ2v) is 9.46. The molecule has 0 radical (unpaired) electrons. The Morgan fingerprint density at radius 3 is 2.15 bits per heavy atom. The summed E-state index contributed by atoms with van der Waals surface area (Å²) in [5.74, 6) is 0.938. The molecule has 7 heteroatoms. The smallest absolute Gasteiger partial charge is 0.260 e. The molecule has 3 fully saturated rings. The van der Waals surface area contributed by atoms with Gasteiger partial charge in [-0.2, -0.15) is 0 Å². The Hall–Kier alpha value is -2.64. The van der Waals surface area contributed by atoms with Crippen LogP contribution in [-0.4, -0.2) is 103 Å². The van der Waals surface area contributed by atoms with Crippen LogP contribution < -0.4 is 4.74 Å². The maximum atomic E-state index is 12.8. The summed E-state index contributed by atoms with van der Waals surface area (Å²) in [5.41, 5.74) is 0. The fourth-order valence-corrected chi connectivity index (χ4v) is 5.03. The maximum Gasteiger partial charge on any atom is 0.260 e. The van der Waals surface area contributed by atoms with E-state index in [0.717, 1.165) is 56.1 Å². The van der Waals surface area contributed by atoms with E-state index in [1.807, 2.05) is 46.2 Å². The maximum absolute atomic E-state index is 12.8. The molecule has 0 atom stereocenters. The van der Waals surface area contributed by atoms with Gasteiger partial charge in [-0.05, 0) is 35.7 Å². The summed E-state index contributed by atoms with van der Waals surface area (Å²) in [6.45, 7) is 6.96. The lowest BCUT2D eigenvalue weighted by molar-refractivity contribution is -0.137. The van der Waals surface area contributed by atoms with Crippen molar-refractivity contribution >= 4 is 22.6 Å². The van der Waals surface area contributed by atoms with Crippen LogP contribution in [0.5, 0.6) is 5.75 Å². The molecule has 0 bridgehead atoms. The molecule has 0 aromatic heterocycles. The lowest BCUT2D eigenvalue weighted by atomic mass is 9.91. The lowest BCUT2D eigenvalue weighted by Gasteiger charge is -2.43. The van der Waals surface area contributed by atoms with Gasteiger partial charge in [-0.1, -0.05) is 36.8 Å². The number of rotatable bonds is 6. The monoisotopic (exact) mass is 450 g/mol. The van der Waals surface area contributed by atoms with Crippen molar-refractivity contribution < 1.29 is 14.3 Å². The van der Waals surface area contributed by atoms with Crippen LogP contribution in [-0.2, 0) is 9.59 Å². The molecular weight excluding hydrogens is 416 g/mol. The van der Waals surface area contributed by atoms with E-state index >= 15 is 0 Å². The molecule has 5 rings (SSSR count). The van der Waals surface area contributed by atoms with Crippen molar-refractivity contribution in [2.75, 3.05) is 65.5 Å². The predicted molar refractivity (Wildman–Crippen MR) is 128 cm³/mol. The first-order valence-electron chi connectivity index (χ1n) is 12.3. The van der Waals surface area contributed by atoms with Gasteiger partial charge in [0.15, 0.2) is 6.61 Å². The Morgan fingerprint density at radius 1 is 0.788 bits per heavy atom. The summed E-state index contributed by atoms with van der Waals surface area (Å²) in [5, 5.41) is 2.26. The standard InChI is InChI=1S/C26H34N4O3/c31-25(29-16-14-28(15-17-29)23-6-3-7-23)19-27-10-12-30(13-11-27)26(32)20-33-24-9-8-21-4-1-2-5-22(21)18-24/h1-2,4-5,8-9,18,23H,3,6-7,10-17,19-20H2. The number of carbonyl (C=O) groups is 2. The molecule has 2 amide bonds. The van der Waals surface area contributed by atoms with E-state index in [4.69, 9.17) is 4.74 Å². The van der Waals surface area contributed by atoms with Crippen molar-refractivity contribution in [3.05, 3.63) is 42.5 Å². The highest BCUT2D eigenvalue weighted by atomic mass is 16.5. The number of hydrogen-bond acceptors (Lipinski definition) is 5. The van der Waals surface area contributed by atoms with E-state index in [-0.39, 0.29) is 18.4 Å². The number of carbonyl (C=O) groups excluding carboxylic acids is 2. The van der Waals surface area contributed by atoms with Crippen molar-refractivity contribution in [3.8, 4) is 5.75 Å².